The number of nitriles is 1. The molecule has 1 aromatic carbocycles. The molecule has 90 valence electrons. The van der Waals surface area contributed by atoms with Gasteiger partial charge in [-0.1, -0.05) is 15.9 Å². The van der Waals surface area contributed by atoms with Gasteiger partial charge in [-0.15, -0.1) is 0 Å². The maximum Gasteiger partial charge on any atom is 0.241 e. The van der Waals surface area contributed by atoms with Crippen LogP contribution in [0.25, 0.3) is 0 Å². The molecule has 1 aliphatic carbocycles. The predicted molar refractivity (Wildman–Crippen MR) is 66.8 cm³/mol. The summed E-state index contributed by atoms with van der Waals surface area (Å²) in [6.45, 7) is 1.82. The van der Waals surface area contributed by atoms with Crippen molar-refractivity contribution in [2.75, 3.05) is 0 Å². The summed E-state index contributed by atoms with van der Waals surface area (Å²) in [5, 5.41) is 8.88. The second-order valence-electron chi connectivity index (χ2n) is 4.21. The van der Waals surface area contributed by atoms with Crippen LogP contribution in [0.1, 0.15) is 18.4 Å². The second-order valence-corrected chi connectivity index (χ2v) is 6.75. The third-order valence-electron chi connectivity index (χ3n) is 2.73. The van der Waals surface area contributed by atoms with Crippen LogP contribution in [0.4, 0.5) is 0 Å². The fourth-order valence-electron chi connectivity index (χ4n) is 1.46. The van der Waals surface area contributed by atoms with E-state index in [1.807, 2.05) is 13.0 Å². The Kier molecular flexibility index (Phi) is 3.02. The fourth-order valence-corrected chi connectivity index (χ4v) is 3.17. The van der Waals surface area contributed by atoms with Crippen molar-refractivity contribution in [2.24, 2.45) is 0 Å². The Balaban J connectivity index is 2.33. The molecule has 1 aromatic rings. The van der Waals surface area contributed by atoms with E-state index in [0.29, 0.717) is 12.8 Å². The zero-order chi connectivity index (χ0) is 12.7. The Morgan fingerprint density at radius 2 is 2.12 bits per heavy atom. The van der Waals surface area contributed by atoms with E-state index in [1.54, 1.807) is 12.1 Å². The van der Waals surface area contributed by atoms with E-state index in [4.69, 9.17) is 5.26 Å². The van der Waals surface area contributed by atoms with Crippen LogP contribution in [0.3, 0.4) is 0 Å². The van der Waals surface area contributed by atoms with Crippen LogP contribution in [-0.4, -0.2) is 14.0 Å². The first-order valence-corrected chi connectivity index (χ1v) is 7.38. The molecule has 2 rings (SSSR count). The zero-order valence-electron chi connectivity index (χ0n) is 9.20. The number of nitrogens with zero attached hydrogens (tertiary/aromatic N) is 1. The minimum atomic E-state index is -3.60. The number of hydrogen-bond acceptors (Lipinski definition) is 3. The average molecular weight is 315 g/mol. The molecule has 0 radical (unpaired) electrons. The lowest BCUT2D eigenvalue weighted by Crippen LogP contribution is -2.35. The molecule has 0 amide bonds. The number of halogens is 1. The van der Waals surface area contributed by atoms with Gasteiger partial charge < -0.3 is 0 Å². The van der Waals surface area contributed by atoms with E-state index in [1.165, 1.54) is 6.07 Å². The van der Waals surface area contributed by atoms with Crippen molar-refractivity contribution in [3.05, 3.63) is 28.2 Å². The topological polar surface area (TPSA) is 70.0 Å². The van der Waals surface area contributed by atoms with Gasteiger partial charge in [0.2, 0.25) is 10.0 Å². The van der Waals surface area contributed by atoms with E-state index in [2.05, 4.69) is 20.7 Å². The van der Waals surface area contributed by atoms with Crippen molar-refractivity contribution < 1.29 is 8.42 Å². The minimum Gasteiger partial charge on any atom is -0.207 e. The summed E-state index contributed by atoms with van der Waals surface area (Å²) < 4.78 is 27.4. The van der Waals surface area contributed by atoms with Gasteiger partial charge in [0, 0.05) is 4.47 Å². The lowest BCUT2D eigenvalue weighted by Gasteiger charge is -2.11. The molecule has 1 saturated carbocycles. The van der Waals surface area contributed by atoms with Gasteiger partial charge in [-0.05, 0) is 43.5 Å². The van der Waals surface area contributed by atoms with Gasteiger partial charge in [0.05, 0.1) is 11.0 Å². The Morgan fingerprint density at radius 1 is 1.47 bits per heavy atom. The monoisotopic (exact) mass is 314 g/mol. The SMILES string of the molecule is Cc1cc(S(=O)(=O)NC2(C#N)CC2)ccc1Br. The minimum absolute atomic E-state index is 0.194. The molecule has 0 heterocycles. The van der Waals surface area contributed by atoms with Crippen LogP contribution < -0.4 is 4.72 Å². The summed E-state index contributed by atoms with van der Waals surface area (Å²) in [6.07, 6.45) is 1.16. The number of benzene rings is 1. The standard InChI is InChI=1S/C11H11BrN2O2S/c1-8-6-9(2-3-10(8)12)17(15,16)14-11(7-13)4-5-11/h2-3,6,14H,4-5H2,1H3. The van der Waals surface area contributed by atoms with E-state index < -0.39 is 15.6 Å². The maximum absolute atomic E-state index is 12.0. The molecular weight excluding hydrogens is 304 g/mol. The van der Waals surface area contributed by atoms with Crippen molar-refractivity contribution in [3.63, 3.8) is 0 Å². The third-order valence-corrected chi connectivity index (χ3v) is 5.16. The Hall–Kier alpha value is -0.900. The molecule has 0 atom stereocenters. The molecule has 1 N–H and O–H groups in total. The second kappa shape index (κ2) is 4.09. The first-order chi connectivity index (χ1) is 7.88. The Labute approximate surface area is 109 Å². The molecule has 1 aliphatic rings. The summed E-state index contributed by atoms with van der Waals surface area (Å²) in [5.41, 5.74) is -0.0329. The third kappa shape index (κ3) is 2.51. The Bertz CT molecular complexity index is 600. The van der Waals surface area contributed by atoms with Gasteiger partial charge in [0.25, 0.3) is 0 Å². The molecular formula is C11H11BrN2O2S. The highest BCUT2D eigenvalue weighted by molar-refractivity contribution is 9.10. The lowest BCUT2D eigenvalue weighted by molar-refractivity contribution is 0.571. The molecule has 17 heavy (non-hydrogen) atoms. The normalized spacial score (nSPS) is 17.5. The molecule has 0 unspecified atom stereocenters. The van der Waals surface area contributed by atoms with Crippen molar-refractivity contribution >= 4 is 26.0 Å². The maximum atomic E-state index is 12.0. The number of hydrogen-bond donors (Lipinski definition) is 1. The van der Waals surface area contributed by atoms with Crippen LogP contribution in [0.2, 0.25) is 0 Å². The van der Waals surface area contributed by atoms with E-state index in [0.717, 1.165) is 10.0 Å². The van der Waals surface area contributed by atoms with Crippen LogP contribution in [0.15, 0.2) is 27.6 Å². The van der Waals surface area contributed by atoms with Crippen LogP contribution >= 0.6 is 15.9 Å². The number of sulfonamides is 1. The molecule has 6 heteroatoms. The summed E-state index contributed by atoms with van der Waals surface area (Å²) in [5.74, 6) is 0. The summed E-state index contributed by atoms with van der Waals surface area (Å²) >= 11 is 3.32. The molecule has 0 aromatic heterocycles. The number of aryl methyl sites for hydroxylation is 1. The highest BCUT2D eigenvalue weighted by Crippen LogP contribution is 2.36. The molecule has 0 saturated heterocycles. The van der Waals surface area contributed by atoms with Gasteiger partial charge in [-0.3, -0.25) is 0 Å². The van der Waals surface area contributed by atoms with Gasteiger partial charge in [-0.2, -0.15) is 9.98 Å². The van der Waals surface area contributed by atoms with Gasteiger partial charge in [-0.25, -0.2) is 8.42 Å². The van der Waals surface area contributed by atoms with Crippen molar-refractivity contribution in [2.45, 2.75) is 30.2 Å². The first kappa shape index (κ1) is 12.6. The Morgan fingerprint density at radius 3 is 2.59 bits per heavy atom. The van der Waals surface area contributed by atoms with E-state index in [-0.39, 0.29) is 4.90 Å². The van der Waals surface area contributed by atoms with Crippen LogP contribution in [0.5, 0.6) is 0 Å². The van der Waals surface area contributed by atoms with Crippen LogP contribution in [-0.2, 0) is 10.0 Å². The van der Waals surface area contributed by atoms with Crippen molar-refractivity contribution in [1.82, 2.24) is 4.72 Å². The molecule has 0 bridgehead atoms. The summed E-state index contributed by atoms with van der Waals surface area (Å²) in [7, 11) is -3.60. The largest absolute Gasteiger partial charge is 0.241 e. The predicted octanol–water partition coefficient (Wildman–Crippen LogP) is 2.09. The van der Waals surface area contributed by atoms with E-state index in [9.17, 15) is 8.42 Å². The zero-order valence-corrected chi connectivity index (χ0v) is 11.6. The highest BCUT2D eigenvalue weighted by atomic mass is 79.9. The van der Waals surface area contributed by atoms with E-state index >= 15 is 0 Å². The van der Waals surface area contributed by atoms with Gasteiger partial charge in [0.1, 0.15) is 5.54 Å². The number of nitrogens with one attached hydrogen (secondary N) is 1. The molecule has 0 spiro atoms. The smallest absolute Gasteiger partial charge is 0.207 e. The molecule has 1 fully saturated rings. The summed E-state index contributed by atoms with van der Waals surface area (Å²) in [6, 6.07) is 6.80. The van der Waals surface area contributed by atoms with Crippen LogP contribution in [0, 0.1) is 18.3 Å². The highest BCUT2D eigenvalue weighted by Gasteiger charge is 2.46. The lowest BCUT2D eigenvalue weighted by atomic mass is 10.2. The van der Waals surface area contributed by atoms with Crippen molar-refractivity contribution in [1.29, 1.82) is 5.26 Å². The molecule has 4 nitrogen and oxygen atoms in total. The van der Waals surface area contributed by atoms with Gasteiger partial charge >= 0.3 is 0 Å². The van der Waals surface area contributed by atoms with Gasteiger partial charge in [0.15, 0.2) is 0 Å². The average Bonchev–Trinajstić information content (AvgIpc) is 3.02. The summed E-state index contributed by atoms with van der Waals surface area (Å²) in [4.78, 5) is 0.194. The fraction of sp³-hybridized carbons (Fsp3) is 0.364. The molecule has 0 aliphatic heterocycles. The first-order valence-electron chi connectivity index (χ1n) is 5.10. The quantitative estimate of drug-likeness (QED) is 0.928. The van der Waals surface area contributed by atoms with Crippen molar-refractivity contribution in [3.8, 4) is 6.07 Å². The number of rotatable bonds is 3.